The van der Waals surface area contributed by atoms with E-state index in [9.17, 15) is 24.4 Å². The van der Waals surface area contributed by atoms with Crippen LogP contribution in [0.15, 0.2) is 81.8 Å². The van der Waals surface area contributed by atoms with Gasteiger partial charge in [0, 0.05) is 51.2 Å². The van der Waals surface area contributed by atoms with Crippen LogP contribution in [0.2, 0.25) is 0 Å². The van der Waals surface area contributed by atoms with Gasteiger partial charge in [0.2, 0.25) is 11.5 Å². The minimum atomic E-state index is -1.16. The maximum absolute atomic E-state index is 14.4. The molecule has 0 fully saturated rings. The molecule has 0 aliphatic carbocycles. The van der Waals surface area contributed by atoms with Gasteiger partial charge in [-0.15, -0.1) is 11.3 Å². The first-order valence-corrected chi connectivity index (χ1v) is 16.6. The Morgan fingerprint density at radius 3 is 2.61 bits per heavy atom. The lowest BCUT2D eigenvalue weighted by Crippen LogP contribution is -2.46. The van der Waals surface area contributed by atoms with Gasteiger partial charge in [-0.25, -0.2) is 5.43 Å². The number of esters is 1. The number of ether oxygens (including phenoxy) is 2. The number of para-hydroxylation sites is 1. The van der Waals surface area contributed by atoms with E-state index in [0.717, 1.165) is 26.8 Å². The summed E-state index contributed by atoms with van der Waals surface area (Å²) in [6.45, 7) is 5.91. The Kier molecular flexibility index (Phi) is 12.9. The number of fused-ring (bicyclic) bond motifs is 1. The summed E-state index contributed by atoms with van der Waals surface area (Å²) < 4.78 is 11.8. The number of nitrogens with zero attached hydrogens (tertiary/aromatic N) is 2. The molecule has 3 N–H and O–H groups in total. The number of hydrogen-bond acceptors (Lipinski definition) is 11. The van der Waals surface area contributed by atoms with E-state index in [4.69, 9.17) is 9.47 Å². The third-order valence-corrected chi connectivity index (χ3v) is 8.53. The average Bonchev–Trinajstić information content (AvgIpc) is 3.55. The SMILES string of the molecule is CCOC(=O)CCCOc1ccccc1C(NN(O)Sc1ccc2[nH]c(=O)ccc2c1)C(=O)N(CC(=O)C(C)C)Cc1cccs1. The van der Waals surface area contributed by atoms with Crippen LogP contribution < -0.4 is 15.7 Å². The molecule has 46 heavy (non-hydrogen) atoms. The molecule has 13 heteroatoms. The number of aromatic nitrogens is 1. The van der Waals surface area contributed by atoms with Crippen LogP contribution in [0.3, 0.4) is 0 Å². The van der Waals surface area contributed by atoms with Crippen LogP contribution in [-0.2, 0) is 25.7 Å². The fourth-order valence-corrected chi connectivity index (χ4v) is 5.91. The van der Waals surface area contributed by atoms with Crippen molar-refractivity contribution in [2.24, 2.45) is 5.92 Å². The number of hydrazine groups is 1. The molecule has 0 bridgehead atoms. The van der Waals surface area contributed by atoms with Gasteiger partial charge >= 0.3 is 5.97 Å². The van der Waals surface area contributed by atoms with Crippen LogP contribution in [0, 0.1) is 5.92 Å². The fourth-order valence-electron chi connectivity index (χ4n) is 4.52. The normalized spacial score (nSPS) is 12.0. The van der Waals surface area contributed by atoms with E-state index in [2.05, 4.69) is 10.4 Å². The highest BCUT2D eigenvalue weighted by atomic mass is 32.2. The van der Waals surface area contributed by atoms with Gasteiger partial charge in [-0.3, -0.25) is 24.4 Å². The van der Waals surface area contributed by atoms with Crippen molar-refractivity contribution in [2.45, 2.75) is 51.1 Å². The zero-order valence-corrected chi connectivity index (χ0v) is 27.6. The molecule has 0 spiro atoms. The first-order chi connectivity index (χ1) is 22.1. The summed E-state index contributed by atoms with van der Waals surface area (Å²) in [6.07, 6.45) is 0.588. The quantitative estimate of drug-likeness (QED) is 0.0572. The van der Waals surface area contributed by atoms with Gasteiger partial charge in [0.05, 0.1) is 26.3 Å². The number of rotatable bonds is 17. The number of hydrogen-bond donors (Lipinski definition) is 3. The third-order valence-electron chi connectivity index (χ3n) is 6.92. The molecule has 0 radical (unpaired) electrons. The maximum atomic E-state index is 14.4. The summed E-state index contributed by atoms with van der Waals surface area (Å²) in [5.74, 6) is -0.761. The van der Waals surface area contributed by atoms with Crippen LogP contribution in [0.25, 0.3) is 10.9 Å². The zero-order chi connectivity index (χ0) is 33.1. The molecule has 0 aliphatic rings. The van der Waals surface area contributed by atoms with Gasteiger partial charge in [0.15, 0.2) is 5.78 Å². The number of nitrogens with one attached hydrogen (secondary N) is 2. The van der Waals surface area contributed by atoms with E-state index >= 15 is 0 Å². The molecule has 0 saturated heterocycles. The molecule has 1 amide bonds. The van der Waals surface area contributed by atoms with E-state index in [1.54, 1.807) is 69.3 Å². The third kappa shape index (κ3) is 9.99. The van der Waals surface area contributed by atoms with Gasteiger partial charge in [-0.05, 0) is 60.5 Å². The average molecular weight is 667 g/mol. The van der Waals surface area contributed by atoms with Crippen molar-refractivity contribution in [3.63, 3.8) is 0 Å². The second-order valence-electron chi connectivity index (χ2n) is 10.7. The Hall–Kier alpha value is -4.01. The smallest absolute Gasteiger partial charge is 0.305 e. The number of benzene rings is 2. The molecule has 2 aromatic heterocycles. The van der Waals surface area contributed by atoms with Crippen LogP contribution in [0.5, 0.6) is 5.75 Å². The van der Waals surface area contributed by atoms with Crippen molar-refractivity contribution in [3.05, 3.63) is 92.9 Å². The van der Waals surface area contributed by atoms with E-state index in [-0.39, 0.29) is 49.3 Å². The van der Waals surface area contributed by atoms with E-state index in [0.29, 0.717) is 34.8 Å². The number of H-pyrrole nitrogens is 1. The minimum absolute atomic E-state index is 0.100. The fraction of sp³-hybridized carbons (Fsp3) is 0.333. The van der Waals surface area contributed by atoms with Gasteiger partial charge < -0.3 is 19.4 Å². The number of carbonyl (C=O) groups is 3. The van der Waals surface area contributed by atoms with Gasteiger partial charge in [0.1, 0.15) is 11.8 Å². The number of Topliss-reactive ketones (excluding diaryl/α,β-unsaturated/α-hetero) is 1. The minimum Gasteiger partial charge on any atom is -0.493 e. The van der Waals surface area contributed by atoms with Crippen molar-refractivity contribution >= 4 is 51.8 Å². The van der Waals surface area contributed by atoms with E-state index in [1.807, 2.05) is 17.5 Å². The monoisotopic (exact) mass is 666 g/mol. The molecule has 4 aromatic rings. The number of ketones is 1. The molecular formula is C33H38N4O7S2. The van der Waals surface area contributed by atoms with Crippen molar-refractivity contribution in [1.82, 2.24) is 19.9 Å². The van der Waals surface area contributed by atoms with Crippen LogP contribution in [0.4, 0.5) is 0 Å². The van der Waals surface area contributed by atoms with Crippen LogP contribution >= 0.6 is 23.3 Å². The Bertz CT molecular complexity index is 1680. The second-order valence-corrected chi connectivity index (χ2v) is 12.7. The number of amides is 1. The van der Waals surface area contributed by atoms with Gasteiger partial charge in [0.25, 0.3) is 0 Å². The summed E-state index contributed by atoms with van der Waals surface area (Å²) in [5.41, 5.74) is 3.78. The maximum Gasteiger partial charge on any atom is 0.305 e. The van der Waals surface area contributed by atoms with Crippen molar-refractivity contribution in [3.8, 4) is 5.75 Å². The summed E-state index contributed by atoms with van der Waals surface area (Å²) in [7, 11) is 0. The number of aromatic amines is 1. The first-order valence-electron chi connectivity index (χ1n) is 14.9. The van der Waals surface area contributed by atoms with Gasteiger partial charge in [-0.1, -0.05) is 42.7 Å². The lowest BCUT2D eigenvalue weighted by atomic mass is 10.0. The molecule has 1 unspecified atom stereocenters. The predicted octanol–water partition coefficient (Wildman–Crippen LogP) is 5.51. The molecule has 0 aliphatic heterocycles. The summed E-state index contributed by atoms with van der Waals surface area (Å²) in [5, 5.41) is 13.8. The van der Waals surface area contributed by atoms with E-state index < -0.39 is 11.9 Å². The van der Waals surface area contributed by atoms with Gasteiger partial charge in [-0.2, -0.15) is 0 Å². The summed E-state index contributed by atoms with van der Waals surface area (Å²) in [6, 6.07) is 17.9. The Labute approximate surface area is 275 Å². The predicted molar refractivity (Wildman–Crippen MR) is 177 cm³/mol. The molecule has 1 atom stereocenters. The number of carbonyl (C=O) groups excluding carboxylic acids is 3. The first kappa shape index (κ1) is 34.9. The molecule has 244 valence electrons. The highest BCUT2D eigenvalue weighted by Crippen LogP contribution is 2.31. The second kappa shape index (κ2) is 17.1. The standard InChI is InChI=1S/C33H38N4O7S2/c1-4-43-31(40)12-7-17-44-29-11-6-5-10-26(29)32(33(41)36(21-28(38)22(2)3)20-25-9-8-18-45-25)35-37(42)46-24-14-15-27-23(19-24)13-16-30(39)34-27/h5-6,8-11,13-16,18-19,22,32,35,42H,4,7,12,17,20-21H2,1-3H3,(H,34,39). The highest BCUT2D eigenvalue weighted by Gasteiger charge is 2.32. The van der Waals surface area contributed by atoms with Crippen LogP contribution in [0.1, 0.15) is 50.1 Å². The Morgan fingerprint density at radius 2 is 1.87 bits per heavy atom. The van der Waals surface area contributed by atoms with Crippen molar-refractivity contribution in [2.75, 3.05) is 19.8 Å². The Balaban J connectivity index is 1.62. The highest BCUT2D eigenvalue weighted by molar-refractivity contribution is 7.96. The van der Waals surface area contributed by atoms with Crippen LogP contribution in [-0.4, -0.2) is 57.1 Å². The topological polar surface area (TPSA) is 141 Å². The molecule has 2 heterocycles. The molecular weight excluding hydrogens is 629 g/mol. The lowest BCUT2D eigenvalue weighted by Gasteiger charge is -2.30. The Morgan fingerprint density at radius 1 is 1.07 bits per heavy atom. The number of pyridine rings is 1. The number of thiophene rings is 1. The summed E-state index contributed by atoms with van der Waals surface area (Å²) >= 11 is 2.41. The van der Waals surface area contributed by atoms with E-state index in [1.165, 1.54) is 22.3 Å². The lowest BCUT2D eigenvalue weighted by molar-refractivity contribution is -0.143. The largest absolute Gasteiger partial charge is 0.493 e. The summed E-state index contributed by atoms with van der Waals surface area (Å²) in [4.78, 5) is 56.6. The molecule has 11 nitrogen and oxygen atoms in total. The molecule has 4 rings (SSSR count). The molecule has 2 aromatic carbocycles. The zero-order valence-electron chi connectivity index (χ0n) is 25.9. The van der Waals surface area contributed by atoms with Crippen molar-refractivity contribution in [1.29, 1.82) is 0 Å². The van der Waals surface area contributed by atoms with Crippen molar-refractivity contribution < 1.29 is 29.1 Å². The molecule has 0 saturated carbocycles.